The monoisotopic (exact) mass is 274 g/mol. The zero-order valence-corrected chi connectivity index (χ0v) is 12.2. The van der Waals surface area contributed by atoms with Gasteiger partial charge in [-0.15, -0.1) is 0 Å². The maximum atomic E-state index is 11.9. The van der Waals surface area contributed by atoms with Crippen molar-refractivity contribution in [2.24, 2.45) is 0 Å². The molecule has 0 aliphatic carbocycles. The minimum Gasteiger partial charge on any atom is -0.496 e. The van der Waals surface area contributed by atoms with Gasteiger partial charge in [-0.05, 0) is 25.5 Å². The van der Waals surface area contributed by atoms with Crippen molar-refractivity contribution in [3.05, 3.63) is 40.5 Å². The molecule has 0 unspecified atom stereocenters. The van der Waals surface area contributed by atoms with Gasteiger partial charge < -0.3 is 14.2 Å². The molecule has 0 atom stereocenters. The Balaban J connectivity index is 2.77. The molecule has 106 valence electrons. The molecule has 0 saturated carbocycles. The van der Waals surface area contributed by atoms with Gasteiger partial charge in [0, 0.05) is 5.56 Å². The first-order chi connectivity index (χ1) is 9.51. The molecule has 0 amide bonds. The van der Waals surface area contributed by atoms with Crippen LogP contribution >= 0.6 is 0 Å². The van der Waals surface area contributed by atoms with E-state index in [1.54, 1.807) is 7.11 Å². The average molecular weight is 274 g/mol. The number of rotatable bonds is 4. The Bertz CT molecular complexity index is 612. The van der Waals surface area contributed by atoms with Crippen LogP contribution < -0.4 is 9.47 Å². The number of hydrogen-bond donors (Lipinski definition) is 0. The Morgan fingerprint density at radius 1 is 1.30 bits per heavy atom. The van der Waals surface area contributed by atoms with Crippen LogP contribution in [0.5, 0.6) is 11.5 Å². The Hall–Kier alpha value is -2.23. The number of ether oxygens (including phenoxy) is 3. The van der Waals surface area contributed by atoms with Gasteiger partial charge in [0.05, 0.1) is 19.8 Å². The zero-order chi connectivity index (χ0) is 14.9. The van der Waals surface area contributed by atoms with Gasteiger partial charge in [-0.3, -0.25) is 0 Å². The number of cyclic esters (lactones) is 1. The van der Waals surface area contributed by atoms with E-state index in [0.29, 0.717) is 17.1 Å². The first kappa shape index (κ1) is 14.2. The van der Waals surface area contributed by atoms with Crippen LogP contribution in [0.3, 0.4) is 0 Å². The summed E-state index contributed by atoms with van der Waals surface area (Å²) in [7, 11) is 3.14. The number of carbonyl (C=O) groups excluding carboxylic acids is 1. The number of benzene rings is 1. The van der Waals surface area contributed by atoms with E-state index in [2.05, 4.69) is 6.58 Å². The van der Waals surface area contributed by atoms with Crippen molar-refractivity contribution < 1.29 is 19.0 Å². The summed E-state index contributed by atoms with van der Waals surface area (Å²) in [4.78, 5) is 11.9. The van der Waals surface area contributed by atoms with E-state index in [1.165, 1.54) is 7.11 Å². The number of carbonyl (C=O) groups is 1. The Morgan fingerprint density at radius 2 is 1.95 bits per heavy atom. The number of fused-ring (bicyclic) bond motifs is 1. The lowest BCUT2D eigenvalue weighted by Gasteiger charge is -2.16. The molecule has 0 fully saturated rings. The standard InChI is InChI=1S/C16H18O4/c1-9(2)6-7-11-14(18-4)10(3)12-8-20-16(17)13(12)15(11)19-5/h6-7H,1,8H2,2-5H3/b7-6+. The third-order valence-electron chi connectivity index (χ3n) is 3.31. The number of hydrogen-bond acceptors (Lipinski definition) is 4. The highest BCUT2D eigenvalue weighted by Gasteiger charge is 2.32. The van der Waals surface area contributed by atoms with Crippen LogP contribution in [0.4, 0.5) is 0 Å². The van der Waals surface area contributed by atoms with E-state index >= 15 is 0 Å². The molecule has 0 bridgehead atoms. The van der Waals surface area contributed by atoms with E-state index < -0.39 is 0 Å². The predicted molar refractivity (Wildman–Crippen MR) is 77.3 cm³/mol. The molecular weight excluding hydrogens is 256 g/mol. The Kier molecular flexibility index (Phi) is 3.84. The topological polar surface area (TPSA) is 44.8 Å². The van der Waals surface area contributed by atoms with Gasteiger partial charge in [-0.25, -0.2) is 4.79 Å². The summed E-state index contributed by atoms with van der Waals surface area (Å²) in [5.74, 6) is 0.825. The molecule has 1 aliphatic heterocycles. The molecule has 4 heteroatoms. The van der Waals surface area contributed by atoms with Crippen LogP contribution in [-0.4, -0.2) is 20.2 Å². The summed E-state index contributed by atoms with van der Waals surface area (Å²) in [5.41, 5.74) is 3.85. The third kappa shape index (κ3) is 2.18. The predicted octanol–water partition coefficient (Wildman–Crippen LogP) is 3.27. The largest absolute Gasteiger partial charge is 0.496 e. The Morgan fingerprint density at radius 3 is 2.50 bits per heavy atom. The van der Waals surface area contributed by atoms with Gasteiger partial charge in [0.1, 0.15) is 23.7 Å². The van der Waals surface area contributed by atoms with Crippen molar-refractivity contribution in [1.29, 1.82) is 0 Å². The lowest BCUT2D eigenvalue weighted by Crippen LogP contribution is -2.04. The van der Waals surface area contributed by atoms with E-state index in [0.717, 1.165) is 22.3 Å². The van der Waals surface area contributed by atoms with E-state index in [1.807, 2.05) is 26.0 Å². The third-order valence-corrected chi connectivity index (χ3v) is 3.31. The summed E-state index contributed by atoms with van der Waals surface area (Å²) >= 11 is 0. The van der Waals surface area contributed by atoms with Gasteiger partial charge in [0.15, 0.2) is 0 Å². The maximum absolute atomic E-state index is 11.9. The molecule has 20 heavy (non-hydrogen) atoms. The highest BCUT2D eigenvalue weighted by atomic mass is 16.5. The van der Waals surface area contributed by atoms with Crippen molar-refractivity contribution in [2.75, 3.05) is 14.2 Å². The summed E-state index contributed by atoms with van der Waals surface area (Å²) < 4.78 is 16.0. The minimum atomic E-state index is -0.354. The lowest BCUT2D eigenvalue weighted by atomic mass is 9.96. The summed E-state index contributed by atoms with van der Waals surface area (Å²) in [6.07, 6.45) is 3.70. The second-order valence-corrected chi connectivity index (χ2v) is 4.71. The number of esters is 1. The van der Waals surface area contributed by atoms with Crippen LogP contribution in [-0.2, 0) is 11.3 Å². The molecule has 1 aliphatic rings. The zero-order valence-electron chi connectivity index (χ0n) is 12.2. The van der Waals surface area contributed by atoms with Gasteiger partial charge in [-0.1, -0.05) is 18.2 Å². The molecule has 0 radical (unpaired) electrons. The fraction of sp³-hybridized carbons (Fsp3) is 0.312. The highest BCUT2D eigenvalue weighted by molar-refractivity contribution is 5.99. The molecule has 1 heterocycles. The molecule has 0 saturated heterocycles. The van der Waals surface area contributed by atoms with Gasteiger partial charge >= 0.3 is 5.97 Å². The molecule has 0 aromatic heterocycles. The van der Waals surface area contributed by atoms with E-state index in [-0.39, 0.29) is 12.6 Å². The second kappa shape index (κ2) is 5.41. The number of methoxy groups -OCH3 is 2. The van der Waals surface area contributed by atoms with Crippen molar-refractivity contribution in [3.8, 4) is 11.5 Å². The van der Waals surface area contributed by atoms with Crippen LogP contribution in [0, 0.1) is 6.92 Å². The summed E-state index contributed by atoms with van der Waals surface area (Å²) in [5, 5.41) is 0. The SMILES string of the molecule is C=C(C)/C=C/c1c(OC)c(C)c2c(c1OC)C(=O)OC2. The smallest absolute Gasteiger partial charge is 0.342 e. The first-order valence-electron chi connectivity index (χ1n) is 6.29. The molecule has 0 spiro atoms. The van der Waals surface area contributed by atoms with Gasteiger partial charge in [0.25, 0.3) is 0 Å². The average Bonchev–Trinajstić information content (AvgIpc) is 2.79. The van der Waals surface area contributed by atoms with E-state index in [9.17, 15) is 4.79 Å². The van der Waals surface area contributed by atoms with E-state index in [4.69, 9.17) is 14.2 Å². The van der Waals surface area contributed by atoms with Crippen LogP contribution in [0.2, 0.25) is 0 Å². The van der Waals surface area contributed by atoms with Crippen molar-refractivity contribution in [1.82, 2.24) is 0 Å². The summed E-state index contributed by atoms with van der Waals surface area (Å²) in [6.45, 7) is 7.90. The van der Waals surface area contributed by atoms with Crippen molar-refractivity contribution in [2.45, 2.75) is 20.5 Å². The first-order valence-corrected chi connectivity index (χ1v) is 6.29. The van der Waals surface area contributed by atoms with Crippen LogP contribution in [0.15, 0.2) is 18.2 Å². The van der Waals surface area contributed by atoms with Crippen LogP contribution in [0.25, 0.3) is 6.08 Å². The Labute approximate surface area is 118 Å². The normalized spacial score (nSPS) is 13.3. The quantitative estimate of drug-likeness (QED) is 0.624. The molecule has 2 rings (SSSR count). The fourth-order valence-corrected chi connectivity index (χ4v) is 2.36. The molecule has 4 nitrogen and oxygen atoms in total. The fourth-order valence-electron chi connectivity index (χ4n) is 2.36. The molecule has 0 N–H and O–H groups in total. The highest BCUT2D eigenvalue weighted by Crippen LogP contribution is 2.42. The second-order valence-electron chi connectivity index (χ2n) is 4.71. The van der Waals surface area contributed by atoms with Gasteiger partial charge in [-0.2, -0.15) is 0 Å². The van der Waals surface area contributed by atoms with Crippen LogP contribution in [0.1, 0.15) is 34.0 Å². The minimum absolute atomic E-state index is 0.261. The molecule has 1 aromatic carbocycles. The van der Waals surface area contributed by atoms with Crippen molar-refractivity contribution >= 4 is 12.0 Å². The maximum Gasteiger partial charge on any atom is 0.342 e. The molecular formula is C16H18O4. The summed E-state index contributed by atoms with van der Waals surface area (Å²) in [6, 6.07) is 0. The number of allylic oxidation sites excluding steroid dienone is 2. The molecule has 1 aromatic rings. The van der Waals surface area contributed by atoms with Crippen molar-refractivity contribution in [3.63, 3.8) is 0 Å². The van der Waals surface area contributed by atoms with Gasteiger partial charge in [0.2, 0.25) is 0 Å². The lowest BCUT2D eigenvalue weighted by molar-refractivity contribution is 0.0532.